The third-order valence-corrected chi connectivity index (χ3v) is 6.21. The second kappa shape index (κ2) is 13.8. The number of benzene rings is 2. The first kappa shape index (κ1) is 29.6. The molecule has 0 spiro atoms. The van der Waals surface area contributed by atoms with Crippen LogP contribution in [0.1, 0.15) is 24.0 Å². The Morgan fingerprint density at radius 1 is 0.825 bits per heavy atom. The van der Waals surface area contributed by atoms with E-state index in [2.05, 4.69) is 20.9 Å². The van der Waals surface area contributed by atoms with Crippen LogP contribution in [0.3, 0.4) is 0 Å². The number of para-hydroxylation sites is 1. The fraction of sp³-hybridized carbons (Fsp3) is 0.296. The standard InChI is InChI=1S/C27H31N5O8/c28-13-23(34)30-20(9-10-24(35)36)25(37)31-21(11-15-5-7-17(33)8-6-15)26(38)32-22(27(39)40)12-16-14-29-19-4-2-1-3-18(16)19/h1-8,14,20-22,29,33H,9-13,28H2,(H,30,34)(H,31,37)(H,32,38)(H,35,36)(H,39,40). The van der Waals surface area contributed by atoms with E-state index in [0.29, 0.717) is 11.1 Å². The van der Waals surface area contributed by atoms with Crippen molar-refractivity contribution in [2.24, 2.45) is 5.73 Å². The van der Waals surface area contributed by atoms with E-state index in [0.717, 1.165) is 10.9 Å². The highest BCUT2D eigenvalue weighted by atomic mass is 16.4. The number of amides is 3. The average Bonchev–Trinajstić information content (AvgIpc) is 3.33. The molecule has 3 atom stereocenters. The summed E-state index contributed by atoms with van der Waals surface area (Å²) in [5.74, 6) is -4.85. The van der Waals surface area contributed by atoms with Crippen molar-refractivity contribution >= 4 is 40.6 Å². The van der Waals surface area contributed by atoms with Gasteiger partial charge in [0.25, 0.3) is 0 Å². The first-order valence-corrected chi connectivity index (χ1v) is 12.4. The molecule has 0 aliphatic carbocycles. The zero-order chi connectivity index (χ0) is 29.2. The molecule has 0 saturated carbocycles. The van der Waals surface area contributed by atoms with Crippen LogP contribution in [0.25, 0.3) is 10.9 Å². The molecule has 3 rings (SSSR count). The molecule has 13 heteroatoms. The van der Waals surface area contributed by atoms with Gasteiger partial charge in [-0.2, -0.15) is 0 Å². The Kier molecular flexibility index (Phi) is 10.2. The van der Waals surface area contributed by atoms with Crippen LogP contribution in [-0.2, 0) is 36.8 Å². The topological polar surface area (TPSA) is 224 Å². The molecule has 0 fully saturated rings. The number of nitrogens with two attached hydrogens (primary N) is 1. The maximum Gasteiger partial charge on any atom is 0.326 e. The Morgan fingerprint density at radius 3 is 2.12 bits per heavy atom. The molecule has 3 unspecified atom stereocenters. The molecule has 0 radical (unpaired) electrons. The molecule has 1 aromatic heterocycles. The number of carbonyl (C=O) groups is 5. The minimum Gasteiger partial charge on any atom is -0.508 e. The number of carboxylic acids is 2. The van der Waals surface area contributed by atoms with Crippen LogP contribution in [-0.4, -0.2) is 74.6 Å². The van der Waals surface area contributed by atoms with Crippen molar-refractivity contribution in [2.45, 2.75) is 43.8 Å². The summed E-state index contributed by atoms with van der Waals surface area (Å²) in [6.07, 6.45) is 0.824. The lowest BCUT2D eigenvalue weighted by molar-refractivity contribution is -0.142. The first-order chi connectivity index (χ1) is 19.1. The number of aliphatic carboxylic acids is 2. The average molecular weight is 554 g/mol. The molecule has 40 heavy (non-hydrogen) atoms. The fourth-order valence-corrected chi connectivity index (χ4v) is 4.13. The van der Waals surface area contributed by atoms with Crippen LogP contribution in [0.4, 0.5) is 0 Å². The Bertz CT molecular complexity index is 1370. The van der Waals surface area contributed by atoms with Crippen molar-refractivity contribution in [2.75, 3.05) is 6.54 Å². The summed E-state index contributed by atoms with van der Waals surface area (Å²) in [5, 5.41) is 36.6. The van der Waals surface area contributed by atoms with E-state index in [9.17, 15) is 34.2 Å². The Hall–Kier alpha value is -4.91. The molecule has 3 amide bonds. The van der Waals surface area contributed by atoms with Gasteiger partial charge >= 0.3 is 11.9 Å². The third kappa shape index (κ3) is 8.30. The van der Waals surface area contributed by atoms with Gasteiger partial charge in [0.15, 0.2) is 0 Å². The molecule has 3 aromatic rings. The number of aromatic nitrogens is 1. The number of fused-ring (bicyclic) bond motifs is 1. The van der Waals surface area contributed by atoms with Crippen LogP contribution >= 0.6 is 0 Å². The predicted octanol–water partition coefficient (Wildman–Crippen LogP) is 0.0212. The lowest BCUT2D eigenvalue weighted by atomic mass is 10.0. The molecular weight excluding hydrogens is 522 g/mol. The SMILES string of the molecule is NCC(=O)NC(CCC(=O)O)C(=O)NC(Cc1ccc(O)cc1)C(=O)NC(Cc1c[nH]c2ccccc12)C(=O)O. The zero-order valence-electron chi connectivity index (χ0n) is 21.4. The number of nitrogens with one attached hydrogen (secondary N) is 4. The van der Waals surface area contributed by atoms with Crippen molar-refractivity contribution < 1.29 is 39.3 Å². The van der Waals surface area contributed by atoms with E-state index in [1.807, 2.05) is 24.3 Å². The predicted molar refractivity (Wildman–Crippen MR) is 143 cm³/mol. The molecule has 0 saturated heterocycles. The molecule has 0 aliphatic heterocycles. The Labute approximate surface area is 228 Å². The molecule has 0 aliphatic rings. The van der Waals surface area contributed by atoms with Gasteiger partial charge in [-0.25, -0.2) is 4.79 Å². The molecule has 212 valence electrons. The van der Waals surface area contributed by atoms with Crippen LogP contribution < -0.4 is 21.7 Å². The molecule has 9 N–H and O–H groups in total. The summed E-state index contributed by atoms with van der Waals surface area (Å²) in [6, 6.07) is 9.18. The molecule has 2 aromatic carbocycles. The number of aromatic hydroxyl groups is 1. The highest BCUT2D eigenvalue weighted by Crippen LogP contribution is 2.19. The van der Waals surface area contributed by atoms with Gasteiger partial charge in [0.05, 0.1) is 6.54 Å². The van der Waals surface area contributed by atoms with Crippen molar-refractivity contribution in [3.05, 3.63) is 65.9 Å². The number of carboxylic acid groups (broad SMARTS) is 2. The number of carbonyl (C=O) groups excluding carboxylic acids is 3. The molecule has 1 heterocycles. The van der Waals surface area contributed by atoms with Crippen molar-refractivity contribution in [3.63, 3.8) is 0 Å². The normalized spacial score (nSPS) is 13.1. The largest absolute Gasteiger partial charge is 0.508 e. The summed E-state index contributed by atoms with van der Waals surface area (Å²) in [7, 11) is 0. The maximum absolute atomic E-state index is 13.4. The highest BCUT2D eigenvalue weighted by molar-refractivity contribution is 5.94. The van der Waals surface area contributed by atoms with Crippen LogP contribution in [0.15, 0.2) is 54.7 Å². The van der Waals surface area contributed by atoms with E-state index in [1.54, 1.807) is 6.20 Å². The minimum absolute atomic E-state index is 0.0170. The number of H-pyrrole nitrogens is 1. The fourth-order valence-electron chi connectivity index (χ4n) is 4.13. The van der Waals surface area contributed by atoms with Gasteiger partial charge in [-0.05, 0) is 35.7 Å². The molecular formula is C27H31N5O8. The number of phenolic OH excluding ortho intramolecular Hbond substituents is 1. The van der Waals surface area contributed by atoms with Gasteiger partial charge < -0.3 is 42.0 Å². The van der Waals surface area contributed by atoms with E-state index in [1.165, 1.54) is 24.3 Å². The number of rotatable bonds is 14. The maximum atomic E-state index is 13.4. The number of aromatic amines is 1. The van der Waals surface area contributed by atoms with E-state index in [4.69, 9.17) is 10.8 Å². The zero-order valence-corrected chi connectivity index (χ0v) is 21.4. The Balaban J connectivity index is 1.83. The minimum atomic E-state index is -1.34. The highest BCUT2D eigenvalue weighted by Gasteiger charge is 2.30. The summed E-state index contributed by atoms with van der Waals surface area (Å²) < 4.78 is 0. The Morgan fingerprint density at radius 2 is 1.48 bits per heavy atom. The lowest BCUT2D eigenvalue weighted by Gasteiger charge is -2.24. The van der Waals surface area contributed by atoms with E-state index >= 15 is 0 Å². The first-order valence-electron chi connectivity index (χ1n) is 12.4. The summed E-state index contributed by atoms with van der Waals surface area (Å²) in [5.41, 5.74) is 7.32. The second-order valence-corrected chi connectivity index (χ2v) is 9.15. The summed E-state index contributed by atoms with van der Waals surface area (Å²) >= 11 is 0. The van der Waals surface area contributed by atoms with Gasteiger partial charge in [-0.15, -0.1) is 0 Å². The smallest absolute Gasteiger partial charge is 0.326 e. The lowest BCUT2D eigenvalue weighted by Crippen LogP contribution is -2.57. The summed E-state index contributed by atoms with van der Waals surface area (Å²) in [4.78, 5) is 64.5. The molecule has 13 nitrogen and oxygen atoms in total. The monoisotopic (exact) mass is 553 g/mol. The van der Waals surface area contributed by atoms with Gasteiger partial charge in [-0.3, -0.25) is 19.2 Å². The third-order valence-electron chi connectivity index (χ3n) is 6.21. The molecule has 0 bridgehead atoms. The van der Waals surface area contributed by atoms with Crippen molar-refractivity contribution in [3.8, 4) is 5.75 Å². The quantitative estimate of drug-likeness (QED) is 0.134. The number of phenols is 1. The van der Waals surface area contributed by atoms with Gasteiger partial charge in [-0.1, -0.05) is 30.3 Å². The van der Waals surface area contributed by atoms with E-state index < -0.39 is 60.8 Å². The van der Waals surface area contributed by atoms with Crippen LogP contribution in [0.5, 0.6) is 5.75 Å². The van der Waals surface area contributed by atoms with Crippen LogP contribution in [0, 0.1) is 0 Å². The van der Waals surface area contributed by atoms with Crippen molar-refractivity contribution in [1.82, 2.24) is 20.9 Å². The van der Waals surface area contributed by atoms with Crippen LogP contribution in [0.2, 0.25) is 0 Å². The van der Waals surface area contributed by atoms with Crippen molar-refractivity contribution in [1.29, 1.82) is 0 Å². The number of hydrogen-bond acceptors (Lipinski definition) is 7. The second-order valence-electron chi connectivity index (χ2n) is 9.15. The van der Waals surface area contributed by atoms with E-state index in [-0.39, 0.29) is 25.0 Å². The number of hydrogen-bond donors (Lipinski definition) is 8. The van der Waals surface area contributed by atoms with Gasteiger partial charge in [0.2, 0.25) is 17.7 Å². The summed E-state index contributed by atoms with van der Waals surface area (Å²) in [6.45, 7) is -0.442. The van der Waals surface area contributed by atoms with Gasteiger partial charge in [0, 0.05) is 36.4 Å². The van der Waals surface area contributed by atoms with Gasteiger partial charge in [0.1, 0.15) is 23.9 Å².